The van der Waals surface area contributed by atoms with Crippen LogP contribution in [0.5, 0.6) is 0 Å². The van der Waals surface area contributed by atoms with Gasteiger partial charge in [-0.15, -0.1) is 0 Å². The maximum Gasteiger partial charge on any atom is 0.410 e. The van der Waals surface area contributed by atoms with Gasteiger partial charge in [-0.2, -0.15) is 0 Å². The van der Waals surface area contributed by atoms with Crippen LogP contribution in [0.1, 0.15) is 130 Å². The molecule has 0 bridgehead atoms. The van der Waals surface area contributed by atoms with Crippen molar-refractivity contribution in [2.24, 2.45) is 0 Å². The summed E-state index contributed by atoms with van der Waals surface area (Å²) in [4.78, 5) is 25.2. The molecule has 0 aliphatic rings. The SMILES string of the molecule is CCCCCCCCCCCCCCCCCC(=O)OCCOCCOCCOCCOCCOCCOCCN(C)C(=O)OC(C)(C)C. The lowest BCUT2D eigenvalue weighted by Crippen LogP contribution is -2.36. The molecule has 0 unspecified atom stereocenters. The third-order valence-corrected chi connectivity index (χ3v) is 7.61. The molecule has 0 rings (SSSR count). The highest BCUT2D eigenvalue weighted by molar-refractivity contribution is 5.69. The summed E-state index contributed by atoms with van der Waals surface area (Å²) in [6, 6.07) is 0. The van der Waals surface area contributed by atoms with E-state index in [2.05, 4.69) is 6.92 Å². The first-order valence-corrected chi connectivity index (χ1v) is 19.3. The maximum absolute atomic E-state index is 11.9. The average Bonchev–Trinajstić information content (AvgIpc) is 3.06. The van der Waals surface area contributed by atoms with Crippen molar-refractivity contribution in [3.05, 3.63) is 0 Å². The lowest BCUT2D eigenvalue weighted by molar-refractivity contribution is -0.145. The quantitative estimate of drug-likeness (QED) is 0.0470. The van der Waals surface area contributed by atoms with E-state index < -0.39 is 5.60 Å². The van der Waals surface area contributed by atoms with E-state index in [1.807, 2.05) is 20.8 Å². The van der Waals surface area contributed by atoms with Gasteiger partial charge in [0.05, 0.1) is 79.3 Å². The highest BCUT2D eigenvalue weighted by Gasteiger charge is 2.19. The lowest BCUT2D eigenvalue weighted by atomic mass is 10.0. The lowest BCUT2D eigenvalue weighted by Gasteiger charge is -2.24. The number of unbranched alkanes of at least 4 members (excludes halogenated alkanes) is 14. The fourth-order valence-electron chi connectivity index (χ4n) is 4.76. The standard InChI is InChI=1S/C38H75NO10/c1-6-7-8-9-10-11-12-13-14-15-16-17-18-19-20-21-36(40)48-35-34-47-33-32-46-31-30-45-29-28-44-27-26-43-25-24-42-23-22-39(5)37(41)49-38(2,3)4/h6-35H2,1-5H3. The van der Waals surface area contributed by atoms with Crippen LogP contribution in [0.25, 0.3) is 0 Å². The van der Waals surface area contributed by atoms with E-state index >= 15 is 0 Å². The van der Waals surface area contributed by atoms with Crippen LogP contribution in [0, 0.1) is 0 Å². The van der Waals surface area contributed by atoms with Crippen LogP contribution in [-0.4, -0.2) is 122 Å². The van der Waals surface area contributed by atoms with Gasteiger partial charge in [-0.05, 0) is 27.2 Å². The minimum atomic E-state index is -0.509. The van der Waals surface area contributed by atoms with E-state index in [1.54, 1.807) is 7.05 Å². The summed E-state index contributed by atoms with van der Waals surface area (Å²) in [5, 5.41) is 0. The van der Waals surface area contributed by atoms with Crippen LogP contribution >= 0.6 is 0 Å². The summed E-state index contributed by atoms with van der Waals surface area (Å²) >= 11 is 0. The predicted molar refractivity (Wildman–Crippen MR) is 194 cm³/mol. The summed E-state index contributed by atoms with van der Waals surface area (Å²) in [6.07, 6.45) is 19.8. The molecule has 0 atom stereocenters. The Labute approximate surface area is 299 Å². The molecule has 0 spiro atoms. The van der Waals surface area contributed by atoms with Crippen LogP contribution in [-0.2, 0) is 42.7 Å². The van der Waals surface area contributed by atoms with Crippen molar-refractivity contribution in [3.8, 4) is 0 Å². The largest absolute Gasteiger partial charge is 0.463 e. The number of nitrogens with zero attached hydrogens (tertiary/aromatic N) is 1. The first-order valence-electron chi connectivity index (χ1n) is 19.3. The molecule has 49 heavy (non-hydrogen) atoms. The molecule has 1 amide bonds. The van der Waals surface area contributed by atoms with Gasteiger partial charge in [0.25, 0.3) is 0 Å². The third-order valence-electron chi connectivity index (χ3n) is 7.61. The molecular formula is C38H75NO10. The van der Waals surface area contributed by atoms with E-state index in [0.29, 0.717) is 92.2 Å². The van der Waals surface area contributed by atoms with Crippen molar-refractivity contribution in [2.45, 2.75) is 136 Å². The molecule has 0 aliphatic carbocycles. The highest BCUT2D eigenvalue weighted by Crippen LogP contribution is 2.14. The molecule has 11 heteroatoms. The number of esters is 1. The van der Waals surface area contributed by atoms with Crippen molar-refractivity contribution < 1.29 is 47.5 Å². The average molecular weight is 706 g/mol. The highest BCUT2D eigenvalue weighted by atomic mass is 16.6. The van der Waals surface area contributed by atoms with Crippen LogP contribution in [0.3, 0.4) is 0 Å². The Morgan fingerprint density at radius 1 is 0.469 bits per heavy atom. The smallest absolute Gasteiger partial charge is 0.410 e. The number of likely N-dealkylation sites (N-methyl/N-ethyl adjacent to an activating group) is 1. The molecule has 0 aromatic rings. The van der Waals surface area contributed by atoms with E-state index in [0.717, 1.165) is 12.8 Å². The zero-order chi connectivity index (χ0) is 36.1. The second-order valence-electron chi connectivity index (χ2n) is 13.5. The van der Waals surface area contributed by atoms with Gasteiger partial charge < -0.3 is 42.8 Å². The molecule has 0 heterocycles. The topological polar surface area (TPSA) is 111 Å². The number of carbonyl (C=O) groups is 2. The summed E-state index contributed by atoms with van der Waals surface area (Å²) in [7, 11) is 1.68. The Hall–Kier alpha value is -1.50. The zero-order valence-corrected chi connectivity index (χ0v) is 32.2. The third kappa shape index (κ3) is 39.1. The molecule has 11 nitrogen and oxygen atoms in total. The Kier molecular flexibility index (Phi) is 35.2. The molecule has 0 aliphatic heterocycles. The number of amides is 1. The van der Waals surface area contributed by atoms with E-state index in [4.69, 9.17) is 37.9 Å². The van der Waals surface area contributed by atoms with Gasteiger partial charge in [0.2, 0.25) is 0 Å². The normalized spacial score (nSPS) is 11.6. The molecule has 0 aromatic carbocycles. The van der Waals surface area contributed by atoms with Crippen LogP contribution in [0.15, 0.2) is 0 Å². The number of carbonyl (C=O) groups excluding carboxylic acids is 2. The number of ether oxygens (including phenoxy) is 8. The fourth-order valence-corrected chi connectivity index (χ4v) is 4.76. The Morgan fingerprint density at radius 3 is 1.16 bits per heavy atom. The Bertz CT molecular complexity index is 719. The molecule has 0 saturated heterocycles. The van der Waals surface area contributed by atoms with Crippen molar-refractivity contribution in [1.29, 1.82) is 0 Å². The first-order chi connectivity index (χ1) is 23.8. The van der Waals surface area contributed by atoms with Gasteiger partial charge in [0, 0.05) is 20.0 Å². The summed E-state index contributed by atoms with van der Waals surface area (Å²) in [5.41, 5.74) is -0.509. The van der Waals surface area contributed by atoms with Gasteiger partial charge in [-0.1, -0.05) is 96.8 Å². The number of hydrogen-bond donors (Lipinski definition) is 0. The second kappa shape index (κ2) is 36.3. The van der Waals surface area contributed by atoms with Crippen molar-refractivity contribution in [1.82, 2.24) is 4.90 Å². The Morgan fingerprint density at radius 2 is 0.796 bits per heavy atom. The van der Waals surface area contributed by atoms with Gasteiger partial charge >= 0.3 is 12.1 Å². The number of rotatable bonds is 37. The first kappa shape index (κ1) is 47.5. The minimum Gasteiger partial charge on any atom is -0.463 e. The molecule has 0 N–H and O–H groups in total. The van der Waals surface area contributed by atoms with E-state index in [-0.39, 0.29) is 18.7 Å². The van der Waals surface area contributed by atoms with Crippen molar-refractivity contribution in [3.63, 3.8) is 0 Å². The molecular weight excluding hydrogens is 630 g/mol. The summed E-state index contributed by atoms with van der Waals surface area (Å²) in [6.45, 7) is 14.0. The van der Waals surface area contributed by atoms with Crippen LogP contribution in [0.2, 0.25) is 0 Å². The van der Waals surface area contributed by atoms with Gasteiger partial charge in [-0.25, -0.2) is 4.79 Å². The Balaban J connectivity index is 3.23. The fraction of sp³-hybridized carbons (Fsp3) is 0.947. The van der Waals surface area contributed by atoms with Gasteiger partial charge in [-0.3, -0.25) is 4.79 Å². The molecule has 0 radical (unpaired) electrons. The summed E-state index contributed by atoms with van der Waals surface area (Å²) < 4.78 is 43.4. The van der Waals surface area contributed by atoms with E-state index in [1.165, 1.54) is 88.4 Å². The van der Waals surface area contributed by atoms with Crippen molar-refractivity contribution >= 4 is 12.1 Å². The van der Waals surface area contributed by atoms with E-state index in [9.17, 15) is 9.59 Å². The van der Waals surface area contributed by atoms with Gasteiger partial charge in [0.1, 0.15) is 12.2 Å². The molecule has 0 fully saturated rings. The summed E-state index contributed by atoms with van der Waals surface area (Å²) in [5.74, 6) is -0.133. The maximum atomic E-state index is 11.9. The number of hydrogen-bond acceptors (Lipinski definition) is 10. The minimum absolute atomic E-state index is 0.133. The molecule has 292 valence electrons. The van der Waals surface area contributed by atoms with Gasteiger partial charge in [0.15, 0.2) is 0 Å². The van der Waals surface area contributed by atoms with Crippen LogP contribution in [0.4, 0.5) is 4.79 Å². The molecule has 0 saturated carbocycles. The van der Waals surface area contributed by atoms with Crippen LogP contribution < -0.4 is 0 Å². The van der Waals surface area contributed by atoms with Crippen molar-refractivity contribution in [2.75, 3.05) is 99.5 Å². The second-order valence-corrected chi connectivity index (χ2v) is 13.5. The molecule has 0 aromatic heterocycles. The predicted octanol–water partition coefficient (Wildman–Crippen LogP) is 7.76. The zero-order valence-electron chi connectivity index (χ0n) is 32.2. The monoisotopic (exact) mass is 706 g/mol.